The van der Waals surface area contributed by atoms with E-state index in [-0.39, 0.29) is 17.9 Å². The van der Waals surface area contributed by atoms with Gasteiger partial charge in [0.2, 0.25) is 0 Å². The van der Waals surface area contributed by atoms with Crippen molar-refractivity contribution in [3.8, 4) is 0 Å². The summed E-state index contributed by atoms with van der Waals surface area (Å²) in [5.74, 6) is 1.04. The van der Waals surface area contributed by atoms with Gasteiger partial charge in [-0.1, -0.05) is 0 Å². The Morgan fingerprint density at radius 1 is 1.47 bits per heavy atom. The molecule has 86 valence electrons. The maximum absolute atomic E-state index is 5.98. The van der Waals surface area contributed by atoms with Crippen LogP contribution < -0.4 is 5.73 Å². The third kappa shape index (κ3) is 3.15. The minimum Gasteiger partial charge on any atom is -0.324 e. The summed E-state index contributed by atoms with van der Waals surface area (Å²) in [4.78, 5) is 6.53. The van der Waals surface area contributed by atoms with Crippen molar-refractivity contribution in [1.82, 2.24) is 19.7 Å². The van der Waals surface area contributed by atoms with Crippen LogP contribution in [0.3, 0.4) is 0 Å². The number of hydrogen-bond donors (Lipinski definition) is 1. The molecule has 2 N–H and O–H groups in total. The second-order valence-electron chi connectivity index (χ2n) is 4.60. The Balaban J connectivity index is 0.00000112. The van der Waals surface area contributed by atoms with Crippen LogP contribution in [0.25, 0.3) is 0 Å². The SMILES string of the molecule is CC(C)(N)CN1CCn2ncnc2C1.Cl. The molecule has 0 saturated heterocycles. The lowest BCUT2D eigenvalue weighted by molar-refractivity contribution is 0.176. The summed E-state index contributed by atoms with van der Waals surface area (Å²) in [7, 11) is 0. The van der Waals surface area contributed by atoms with Gasteiger partial charge in [-0.2, -0.15) is 5.10 Å². The van der Waals surface area contributed by atoms with Crippen molar-refractivity contribution in [2.24, 2.45) is 5.73 Å². The second kappa shape index (κ2) is 4.47. The van der Waals surface area contributed by atoms with Crippen molar-refractivity contribution in [1.29, 1.82) is 0 Å². The predicted molar refractivity (Wildman–Crippen MR) is 60.8 cm³/mol. The molecule has 0 bridgehead atoms. The quantitative estimate of drug-likeness (QED) is 0.793. The van der Waals surface area contributed by atoms with E-state index < -0.39 is 0 Å². The van der Waals surface area contributed by atoms with Gasteiger partial charge in [-0.3, -0.25) is 4.90 Å². The molecule has 0 amide bonds. The molecule has 0 radical (unpaired) electrons. The zero-order chi connectivity index (χ0) is 10.2. The highest BCUT2D eigenvalue weighted by Gasteiger charge is 2.22. The fourth-order valence-electron chi connectivity index (χ4n) is 1.82. The van der Waals surface area contributed by atoms with Gasteiger partial charge in [0.1, 0.15) is 12.2 Å². The lowest BCUT2D eigenvalue weighted by Gasteiger charge is -2.32. The number of hydrogen-bond acceptors (Lipinski definition) is 4. The monoisotopic (exact) mass is 231 g/mol. The van der Waals surface area contributed by atoms with Crippen LogP contribution in [0.2, 0.25) is 0 Å². The first-order chi connectivity index (χ1) is 6.54. The van der Waals surface area contributed by atoms with Gasteiger partial charge in [0.25, 0.3) is 0 Å². The molecule has 0 spiro atoms. The van der Waals surface area contributed by atoms with Crippen LogP contribution >= 0.6 is 12.4 Å². The Kier molecular flexibility index (Phi) is 3.70. The molecule has 0 saturated carbocycles. The van der Waals surface area contributed by atoms with Crippen LogP contribution in [-0.4, -0.2) is 38.3 Å². The third-order valence-electron chi connectivity index (χ3n) is 2.32. The maximum atomic E-state index is 5.98. The molecule has 0 aromatic carbocycles. The first-order valence-electron chi connectivity index (χ1n) is 4.92. The van der Waals surface area contributed by atoms with E-state index in [0.717, 1.165) is 32.0 Å². The highest BCUT2D eigenvalue weighted by atomic mass is 35.5. The summed E-state index contributed by atoms with van der Waals surface area (Å²) in [6.45, 7) is 7.79. The molecule has 0 atom stereocenters. The van der Waals surface area contributed by atoms with E-state index in [1.807, 2.05) is 18.5 Å². The van der Waals surface area contributed by atoms with E-state index in [2.05, 4.69) is 15.0 Å². The van der Waals surface area contributed by atoms with Crippen molar-refractivity contribution in [2.75, 3.05) is 13.1 Å². The average Bonchev–Trinajstić information content (AvgIpc) is 2.47. The molecule has 2 heterocycles. The van der Waals surface area contributed by atoms with Crippen molar-refractivity contribution in [2.45, 2.75) is 32.5 Å². The van der Waals surface area contributed by atoms with Gasteiger partial charge >= 0.3 is 0 Å². The van der Waals surface area contributed by atoms with Crippen molar-refractivity contribution in [3.05, 3.63) is 12.2 Å². The standard InChI is InChI=1S/C9H17N5.ClH/c1-9(2,10)6-13-3-4-14-8(5-13)11-7-12-14;/h7H,3-6,10H2,1-2H3;1H. The minimum atomic E-state index is -0.137. The smallest absolute Gasteiger partial charge is 0.141 e. The van der Waals surface area contributed by atoms with Gasteiger partial charge in [-0.15, -0.1) is 12.4 Å². The number of rotatable bonds is 2. The fourth-order valence-corrected chi connectivity index (χ4v) is 1.82. The average molecular weight is 232 g/mol. The predicted octanol–water partition coefficient (Wildman–Crippen LogP) is 0.253. The van der Waals surface area contributed by atoms with Gasteiger partial charge in [0.05, 0.1) is 13.1 Å². The summed E-state index contributed by atoms with van der Waals surface area (Å²) in [5, 5.41) is 4.14. The van der Waals surface area contributed by atoms with E-state index in [0.29, 0.717) is 0 Å². The van der Waals surface area contributed by atoms with E-state index >= 15 is 0 Å². The largest absolute Gasteiger partial charge is 0.324 e. The Labute approximate surface area is 96.1 Å². The Bertz CT molecular complexity index is 317. The zero-order valence-electron chi connectivity index (χ0n) is 9.18. The minimum absolute atomic E-state index is 0. The fraction of sp³-hybridized carbons (Fsp3) is 0.778. The highest BCUT2D eigenvalue weighted by molar-refractivity contribution is 5.85. The number of nitrogens with two attached hydrogens (primary N) is 1. The molecule has 1 aliphatic heterocycles. The summed E-state index contributed by atoms with van der Waals surface area (Å²) in [6, 6.07) is 0. The summed E-state index contributed by atoms with van der Waals surface area (Å²) in [5.41, 5.74) is 5.84. The van der Waals surface area contributed by atoms with Crippen LogP contribution in [0.4, 0.5) is 0 Å². The lowest BCUT2D eigenvalue weighted by atomic mass is 10.1. The molecule has 0 aliphatic carbocycles. The number of aromatic nitrogens is 3. The van der Waals surface area contributed by atoms with Gasteiger partial charge in [0.15, 0.2) is 0 Å². The topological polar surface area (TPSA) is 60.0 Å². The van der Waals surface area contributed by atoms with E-state index in [1.165, 1.54) is 0 Å². The molecule has 1 aliphatic rings. The summed E-state index contributed by atoms with van der Waals surface area (Å²) >= 11 is 0. The Hall–Kier alpha value is -0.650. The molecule has 0 unspecified atom stereocenters. The Morgan fingerprint density at radius 2 is 2.20 bits per heavy atom. The van der Waals surface area contributed by atoms with E-state index in [9.17, 15) is 0 Å². The lowest BCUT2D eigenvalue weighted by Crippen LogP contribution is -2.47. The van der Waals surface area contributed by atoms with Crippen molar-refractivity contribution < 1.29 is 0 Å². The van der Waals surface area contributed by atoms with Gasteiger partial charge in [-0.25, -0.2) is 9.67 Å². The first kappa shape index (κ1) is 12.4. The molecule has 2 rings (SSSR count). The van der Waals surface area contributed by atoms with Gasteiger partial charge in [0, 0.05) is 18.6 Å². The molecule has 1 aromatic heterocycles. The summed E-state index contributed by atoms with van der Waals surface area (Å²) in [6.07, 6.45) is 1.62. The normalized spacial score (nSPS) is 17.0. The van der Waals surface area contributed by atoms with E-state index in [4.69, 9.17) is 5.73 Å². The maximum Gasteiger partial charge on any atom is 0.141 e. The first-order valence-corrected chi connectivity index (χ1v) is 4.92. The van der Waals surface area contributed by atoms with Crippen LogP contribution in [-0.2, 0) is 13.1 Å². The highest BCUT2D eigenvalue weighted by Crippen LogP contribution is 2.11. The molecule has 0 fully saturated rings. The van der Waals surface area contributed by atoms with Gasteiger partial charge in [-0.05, 0) is 13.8 Å². The van der Waals surface area contributed by atoms with Crippen LogP contribution in [0, 0.1) is 0 Å². The molecule has 5 nitrogen and oxygen atoms in total. The van der Waals surface area contributed by atoms with Crippen LogP contribution in [0.15, 0.2) is 6.33 Å². The van der Waals surface area contributed by atoms with Crippen molar-refractivity contribution in [3.63, 3.8) is 0 Å². The third-order valence-corrected chi connectivity index (χ3v) is 2.32. The van der Waals surface area contributed by atoms with E-state index in [1.54, 1.807) is 6.33 Å². The number of fused-ring (bicyclic) bond motifs is 1. The molecule has 6 heteroatoms. The van der Waals surface area contributed by atoms with Gasteiger partial charge < -0.3 is 5.73 Å². The second-order valence-corrected chi connectivity index (χ2v) is 4.60. The number of halogens is 1. The van der Waals surface area contributed by atoms with Crippen LogP contribution in [0.5, 0.6) is 0 Å². The van der Waals surface area contributed by atoms with Crippen molar-refractivity contribution >= 4 is 12.4 Å². The molecular formula is C9H18ClN5. The molecule has 15 heavy (non-hydrogen) atoms. The summed E-state index contributed by atoms with van der Waals surface area (Å²) < 4.78 is 1.96. The molecular weight excluding hydrogens is 214 g/mol. The zero-order valence-corrected chi connectivity index (χ0v) is 10.00. The Morgan fingerprint density at radius 3 is 2.87 bits per heavy atom. The van der Waals surface area contributed by atoms with Crippen LogP contribution in [0.1, 0.15) is 19.7 Å². The molecule has 1 aromatic rings. The number of nitrogens with zero attached hydrogens (tertiary/aromatic N) is 4.